The summed E-state index contributed by atoms with van der Waals surface area (Å²) in [5.74, 6) is 0.822. The zero-order valence-corrected chi connectivity index (χ0v) is 10.4. The second kappa shape index (κ2) is 5.01. The summed E-state index contributed by atoms with van der Waals surface area (Å²) in [7, 11) is -3.51. The molecule has 0 amide bonds. The van der Waals surface area contributed by atoms with Gasteiger partial charge in [-0.3, -0.25) is 4.98 Å². The molecule has 0 atom stereocenters. The molecule has 17 heavy (non-hydrogen) atoms. The quantitative estimate of drug-likeness (QED) is 0.746. The molecule has 5 nitrogen and oxygen atoms in total. The van der Waals surface area contributed by atoms with Crippen LogP contribution >= 0.6 is 0 Å². The van der Waals surface area contributed by atoms with E-state index < -0.39 is 10.0 Å². The van der Waals surface area contributed by atoms with Crippen LogP contribution in [0.5, 0.6) is 0 Å². The highest BCUT2D eigenvalue weighted by Gasteiger charge is 2.21. The molecule has 1 aliphatic rings. The van der Waals surface area contributed by atoms with Gasteiger partial charge in [0.05, 0.1) is 5.69 Å². The lowest BCUT2D eigenvalue weighted by molar-refractivity contribution is 0.572. The number of aromatic nitrogens is 1. The Morgan fingerprint density at radius 3 is 2.88 bits per heavy atom. The molecule has 1 saturated carbocycles. The van der Waals surface area contributed by atoms with Crippen molar-refractivity contribution in [3.05, 3.63) is 18.5 Å². The molecular formula is C11H17N3O2S. The second-order valence-corrected chi connectivity index (χ2v) is 6.13. The van der Waals surface area contributed by atoms with Crippen molar-refractivity contribution >= 4 is 15.7 Å². The molecule has 0 bridgehead atoms. The van der Waals surface area contributed by atoms with Gasteiger partial charge in [-0.05, 0) is 24.8 Å². The van der Waals surface area contributed by atoms with Crippen LogP contribution in [0, 0.1) is 5.92 Å². The molecule has 0 spiro atoms. The van der Waals surface area contributed by atoms with Crippen LogP contribution in [0.25, 0.3) is 0 Å². The highest BCUT2D eigenvalue weighted by Crippen LogP contribution is 2.33. The van der Waals surface area contributed by atoms with E-state index in [-0.39, 0.29) is 10.6 Å². The van der Waals surface area contributed by atoms with Crippen LogP contribution in [0.2, 0.25) is 0 Å². The largest absolute Gasteiger partial charge is 0.398 e. The van der Waals surface area contributed by atoms with Crippen LogP contribution in [-0.2, 0) is 10.0 Å². The molecule has 94 valence electrons. The molecule has 1 aliphatic carbocycles. The lowest BCUT2D eigenvalue weighted by Crippen LogP contribution is -2.25. The van der Waals surface area contributed by atoms with E-state index >= 15 is 0 Å². The summed E-state index contributed by atoms with van der Waals surface area (Å²) in [6, 6.07) is 1.48. The first-order valence-electron chi connectivity index (χ1n) is 5.79. The lowest BCUT2D eigenvalue weighted by Gasteiger charge is -2.07. The van der Waals surface area contributed by atoms with Crippen molar-refractivity contribution in [1.29, 1.82) is 0 Å². The minimum atomic E-state index is -3.51. The average Bonchev–Trinajstić information content (AvgIpc) is 3.09. The summed E-state index contributed by atoms with van der Waals surface area (Å²) >= 11 is 0. The van der Waals surface area contributed by atoms with Crippen molar-refractivity contribution in [2.75, 3.05) is 12.3 Å². The normalized spacial score (nSPS) is 16.0. The summed E-state index contributed by atoms with van der Waals surface area (Å²) in [6.07, 6.45) is 7.32. The van der Waals surface area contributed by atoms with E-state index in [9.17, 15) is 8.42 Å². The fourth-order valence-electron chi connectivity index (χ4n) is 1.70. The SMILES string of the molecule is Nc1ccncc1S(=O)(=O)NCCCC1CC1. The third kappa shape index (κ3) is 3.41. The molecule has 1 fully saturated rings. The predicted octanol–water partition coefficient (Wildman–Crippen LogP) is 1.13. The number of hydrogen-bond donors (Lipinski definition) is 2. The molecule has 1 aromatic heterocycles. The summed E-state index contributed by atoms with van der Waals surface area (Å²) in [6.45, 7) is 0.465. The van der Waals surface area contributed by atoms with Gasteiger partial charge in [-0.25, -0.2) is 13.1 Å². The fourth-order valence-corrected chi connectivity index (χ4v) is 2.84. The summed E-state index contributed by atoms with van der Waals surface area (Å²) in [4.78, 5) is 3.84. The van der Waals surface area contributed by atoms with E-state index in [0.29, 0.717) is 6.54 Å². The molecule has 0 saturated heterocycles. The Labute approximate surface area is 101 Å². The van der Waals surface area contributed by atoms with E-state index in [1.807, 2.05) is 0 Å². The maximum atomic E-state index is 11.9. The zero-order valence-electron chi connectivity index (χ0n) is 9.59. The molecule has 1 aromatic rings. The van der Waals surface area contributed by atoms with Crippen LogP contribution in [0.4, 0.5) is 5.69 Å². The molecule has 0 radical (unpaired) electrons. The Kier molecular flexibility index (Phi) is 3.63. The molecule has 2 rings (SSSR count). The molecule has 0 aromatic carbocycles. The van der Waals surface area contributed by atoms with Gasteiger partial charge in [0.1, 0.15) is 4.90 Å². The third-order valence-corrected chi connectivity index (χ3v) is 4.39. The smallest absolute Gasteiger partial charge is 0.244 e. The van der Waals surface area contributed by atoms with Crippen molar-refractivity contribution < 1.29 is 8.42 Å². The number of rotatable bonds is 6. The number of hydrogen-bond acceptors (Lipinski definition) is 4. The van der Waals surface area contributed by atoms with Crippen molar-refractivity contribution in [2.45, 2.75) is 30.6 Å². The standard InChI is InChI=1S/C11H17N3O2S/c12-10-5-7-13-8-11(10)17(15,16)14-6-1-2-9-3-4-9/h5,7-9,14H,1-4,6H2,(H2,12,13). The summed E-state index contributed by atoms with van der Waals surface area (Å²) in [5.41, 5.74) is 5.84. The second-order valence-electron chi connectivity index (χ2n) is 4.40. The van der Waals surface area contributed by atoms with Crippen LogP contribution < -0.4 is 10.5 Å². The first kappa shape index (κ1) is 12.3. The van der Waals surface area contributed by atoms with Crippen molar-refractivity contribution in [1.82, 2.24) is 9.71 Å². The van der Waals surface area contributed by atoms with Gasteiger partial charge in [0.2, 0.25) is 10.0 Å². The van der Waals surface area contributed by atoms with Crippen LogP contribution in [-0.4, -0.2) is 19.9 Å². The molecule has 1 heterocycles. The Bertz CT molecular complexity index is 483. The first-order valence-corrected chi connectivity index (χ1v) is 7.27. The Balaban J connectivity index is 1.91. The number of nitrogens with one attached hydrogen (secondary N) is 1. The number of pyridine rings is 1. The van der Waals surface area contributed by atoms with Gasteiger partial charge in [0, 0.05) is 18.9 Å². The summed E-state index contributed by atoms with van der Waals surface area (Å²) in [5, 5.41) is 0. The Morgan fingerprint density at radius 2 is 2.24 bits per heavy atom. The van der Waals surface area contributed by atoms with Crippen LogP contribution in [0.15, 0.2) is 23.4 Å². The molecule has 6 heteroatoms. The van der Waals surface area contributed by atoms with E-state index in [1.54, 1.807) is 0 Å². The zero-order chi connectivity index (χ0) is 12.3. The lowest BCUT2D eigenvalue weighted by atomic mass is 10.2. The van der Waals surface area contributed by atoms with Crippen molar-refractivity contribution in [2.24, 2.45) is 5.92 Å². The third-order valence-electron chi connectivity index (χ3n) is 2.88. The molecule has 0 unspecified atom stereocenters. The summed E-state index contributed by atoms with van der Waals surface area (Å²) < 4.78 is 26.3. The van der Waals surface area contributed by atoms with Crippen molar-refractivity contribution in [3.8, 4) is 0 Å². The number of anilines is 1. The number of nitrogens with two attached hydrogens (primary N) is 1. The highest BCUT2D eigenvalue weighted by molar-refractivity contribution is 7.89. The average molecular weight is 255 g/mol. The van der Waals surface area contributed by atoms with E-state index in [0.717, 1.165) is 18.8 Å². The molecular weight excluding hydrogens is 238 g/mol. The van der Waals surface area contributed by atoms with Crippen molar-refractivity contribution in [3.63, 3.8) is 0 Å². The van der Waals surface area contributed by atoms with Gasteiger partial charge >= 0.3 is 0 Å². The van der Waals surface area contributed by atoms with Gasteiger partial charge in [0.15, 0.2) is 0 Å². The molecule has 3 N–H and O–H groups in total. The topological polar surface area (TPSA) is 85.1 Å². The van der Waals surface area contributed by atoms with Crippen LogP contribution in [0.3, 0.4) is 0 Å². The highest BCUT2D eigenvalue weighted by atomic mass is 32.2. The Hall–Kier alpha value is -1.14. The van der Waals surface area contributed by atoms with E-state index in [2.05, 4.69) is 9.71 Å². The van der Waals surface area contributed by atoms with Gasteiger partial charge in [-0.1, -0.05) is 12.8 Å². The van der Waals surface area contributed by atoms with E-state index in [4.69, 9.17) is 5.73 Å². The minimum absolute atomic E-state index is 0.0615. The minimum Gasteiger partial charge on any atom is -0.398 e. The number of sulfonamides is 1. The van der Waals surface area contributed by atoms with Gasteiger partial charge in [0.25, 0.3) is 0 Å². The Morgan fingerprint density at radius 1 is 1.47 bits per heavy atom. The monoisotopic (exact) mass is 255 g/mol. The maximum absolute atomic E-state index is 11.9. The van der Waals surface area contributed by atoms with Crippen LogP contribution in [0.1, 0.15) is 25.7 Å². The van der Waals surface area contributed by atoms with E-state index in [1.165, 1.54) is 31.3 Å². The predicted molar refractivity (Wildman–Crippen MR) is 65.8 cm³/mol. The fraction of sp³-hybridized carbons (Fsp3) is 0.545. The molecule has 0 aliphatic heterocycles. The maximum Gasteiger partial charge on any atom is 0.244 e. The van der Waals surface area contributed by atoms with Gasteiger partial charge < -0.3 is 5.73 Å². The van der Waals surface area contributed by atoms with Gasteiger partial charge in [-0.2, -0.15) is 0 Å². The number of nitrogen functional groups attached to an aromatic ring is 1. The first-order chi connectivity index (χ1) is 8.09. The van der Waals surface area contributed by atoms with Gasteiger partial charge in [-0.15, -0.1) is 0 Å². The number of nitrogens with zero attached hydrogens (tertiary/aromatic N) is 1.